The van der Waals surface area contributed by atoms with Crippen LogP contribution < -0.4 is 5.73 Å². The average Bonchev–Trinajstić information content (AvgIpc) is 2.13. The summed E-state index contributed by atoms with van der Waals surface area (Å²) >= 11 is 0. The molecule has 0 unspecified atom stereocenters. The molecule has 0 radical (unpaired) electrons. The van der Waals surface area contributed by atoms with E-state index in [4.69, 9.17) is 5.73 Å². The summed E-state index contributed by atoms with van der Waals surface area (Å²) in [5.74, 6) is -2.87. The number of carbonyl (C=O) groups excluding carboxylic acids is 1. The van der Waals surface area contributed by atoms with Crippen molar-refractivity contribution in [2.24, 2.45) is 0 Å². The van der Waals surface area contributed by atoms with Crippen LogP contribution in [0.25, 0.3) is 0 Å². The predicted molar refractivity (Wildman–Crippen MR) is 42.1 cm³/mol. The number of anilines is 1. The number of rotatable bonds is 1. The van der Waals surface area contributed by atoms with Crippen molar-refractivity contribution in [3.63, 3.8) is 0 Å². The van der Waals surface area contributed by atoms with Gasteiger partial charge in [0.1, 0.15) is 11.5 Å². The number of methoxy groups -OCH3 is 1. The van der Waals surface area contributed by atoms with Crippen molar-refractivity contribution in [3.05, 3.63) is 29.3 Å². The van der Waals surface area contributed by atoms with Crippen LogP contribution in [0.1, 0.15) is 10.4 Å². The first-order chi connectivity index (χ1) is 6.07. The lowest BCUT2D eigenvalue weighted by Crippen LogP contribution is -2.07. The van der Waals surface area contributed by atoms with Gasteiger partial charge in [0.25, 0.3) is 0 Å². The van der Waals surface area contributed by atoms with Crippen molar-refractivity contribution >= 4 is 11.7 Å². The molecule has 3 nitrogen and oxygen atoms in total. The van der Waals surface area contributed by atoms with Crippen molar-refractivity contribution in [2.45, 2.75) is 0 Å². The second-order valence-corrected chi connectivity index (χ2v) is 2.31. The molecular weight excluding hydrogens is 180 g/mol. The zero-order chi connectivity index (χ0) is 10.0. The van der Waals surface area contributed by atoms with Gasteiger partial charge in [-0.05, 0) is 12.1 Å². The molecule has 0 aliphatic rings. The zero-order valence-electron chi connectivity index (χ0n) is 6.80. The van der Waals surface area contributed by atoms with E-state index in [9.17, 15) is 13.6 Å². The quantitative estimate of drug-likeness (QED) is 0.533. The smallest absolute Gasteiger partial charge is 0.340 e. The third-order valence-corrected chi connectivity index (χ3v) is 1.53. The standard InChI is InChI=1S/C8H7F2NO2/c1-13-8(12)4-2-3-5(9)7(11)6(4)10/h2-3H,11H2,1H3. The van der Waals surface area contributed by atoms with Gasteiger partial charge in [0.05, 0.1) is 12.7 Å². The summed E-state index contributed by atoms with van der Waals surface area (Å²) in [6.45, 7) is 0. The first-order valence-electron chi connectivity index (χ1n) is 3.39. The Morgan fingerprint density at radius 1 is 1.46 bits per heavy atom. The molecule has 0 bridgehead atoms. The van der Waals surface area contributed by atoms with Crippen molar-refractivity contribution in [3.8, 4) is 0 Å². The summed E-state index contributed by atoms with van der Waals surface area (Å²) in [7, 11) is 1.10. The number of halogens is 2. The molecule has 0 aliphatic carbocycles. The van der Waals surface area contributed by atoms with E-state index in [1.54, 1.807) is 0 Å². The van der Waals surface area contributed by atoms with Crippen molar-refractivity contribution in [1.82, 2.24) is 0 Å². The summed E-state index contributed by atoms with van der Waals surface area (Å²) in [6.07, 6.45) is 0. The molecule has 0 fully saturated rings. The Bertz CT molecular complexity index is 352. The van der Waals surface area contributed by atoms with Crippen LogP contribution in [-0.2, 0) is 4.74 Å². The highest BCUT2D eigenvalue weighted by atomic mass is 19.1. The van der Waals surface area contributed by atoms with Gasteiger partial charge >= 0.3 is 5.97 Å². The highest BCUT2D eigenvalue weighted by Crippen LogP contribution is 2.19. The number of esters is 1. The fraction of sp³-hybridized carbons (Fsp3) is 0.125. The number of nitrogens with two attached hydrogens (primary N) is 1. The molecule has 1 aromatic carbocycles. The van der Waals surface area contributed by atoms with Gasteiger partial charge in [-0.25, -0.2) is 13.6 Å². The van der Waals surface area contributed by atoms with Gasteiger partial charge in [0, 0.05) is 0 Å². The number of benzene rings is 1. The molecule has 5 heteroatoms. The van der Waals surface area contributed by atoms with E-state index < -0.39 is 23.3 Å². The minimum Gasteiger partial charge on any atom is -0.465 e. The molecule has 13 heavy (non-hydrogen) atoms. The van der Waals surface area contributed by atoms with E-state index in [1.165, 1.54) is 0 Å². The topological polar surface area (TPSA) is 52.3 Å². The second-order valence-electron chi connectivity index (χ2n) is 2.31. The van der Waals surface area contributed by atoms with E-state index >= 15 is 0 Å². The first-order valence-corrected chi connectivity index (χ1v) is 3.39. The number of ether oxygens (including phenoxy) is 1. The molecule has 1 aromatic rings. The van der Waals surface area contributed by atoms with E-state index in [0.717, 1.165) is 19.2 Å². The molecule has 0 spiro atoms. The summed E-state index contributed by atoms with van der Waals surface area (Å²) in [5.41, 5.74) is 3.97. The Morgan fingerprint density at radius 3 is 2.62 bits per heavy atom. The van der Waals surface area contributed by atoms with Crippen LogP contribution in [0.5, 0.6) is 0 Å². The lowest BCUT2D eigenvalue weighted by molar-refractivity contribution is 0.0595. The van der Waals surface area contributed by atoms with Crippen LogP contribution in [0.15, 0.2) is 12.1 Å². The number of hydrogen-bond acceptors (Lipinski definition) is 3. The fourth-order valence-electron chi connectivity index (χ4n) is 0.837. The maximum Gasteiger partial charge on any atom is 0.340 e. The highest BCUT2D eigenvalue weighted by molar-refractivity contribution is 5.90. The normalized spacial score (nSPS) is 9.77. The summed E-state index contributed by atoms with van der Waals surface area (Å²) in [5, 5.41) is 0. The molecule has 0 amide bonds. The van der Waals surface area contributed by atoms with Crippen molar-refractivity contribution < 1.29 is 18.3 Å². The maximum atomic E-state index is 13.0. The van der Waals surface area contributed by atoms with Crippen LogP contribution in [0.4, 0.5) is 14.5 Å². The average molecular weight is 187 g/mol. The van der Waals surface area contributed by atoms with E-state index in [-0.39, 0.29) is 5.56 Å². The molecule has 0 aromatic heterocycles. The molecular formula is C8H7F2NO2. The van der Waals surface area contributed by atoms with Crippen molar-refractivity contribution in [1.29, 1.82) is 0 Å². The van der Waals surface area contributed by atoms with Crippen LogP contribution in [0.2, 0.25) is 0 Å². The van der Waals surface area contributed by atoms with Gasteiger partial charge < -0.3 is 10.5 Å². The number of nitrogen functional groups attached to an aromatic ring is 1. The van der Waals surface area contributed by atoms with E-state index in [0.29, 0.717) is 0 Å². The Kier molecular flexibility index (Phi) is 2.46. The molecule has 0 heterocycles. The predicted octanol–water partition coefficient (Wildman–Crippen LogP) is 1.33. The fourth-order valence-corrected chi connectivity index (χ4v) is 0.837. The minimum absolute atomic E-state index is 0.374. The third kappa shape index (κ3) is 1.58. The van der Waals surface area contributed by atoms with Crippen LogP contribution in [0.3, 0.4) is 0 Å². The molecule has 2 N–H and O–H groups in total. The summed E-state index contributed by atoms with van der Waals surface area (Å²) < 4.78 is 29.9. The molecule has 1 rings (SSSR count). The van der Waals surface area contributed by atoms with Crippen LogP contribution >= 0.6 is 0 Å². The molecule has 0 atom stereocenters. The van der Waals surface area contributed by atoms with Gasteiger partial charge in [0.15, 0.2) is 5.82 Å². The molecule has 0 saturated heterocycles. The molecule has 70 valence electrons. The Hall–Kier alpha value is -1.65. The van der Waals surface area contributed by atoms with E-state index in [2.05, 4.69) is 4.74 Å². The lowest BCUT2D eigenvalue weighted by Gasteiger charge is -2.03. The van der Waals surface area contributed by atoms with Crippen molar-refractivity contribution in [2.75, 3.05) is 12.8 Å². The third-order valence-electron chi connectivity index (χ3n) is 1.53. The SMILES string of the molecule is COC(=O)c1ccc(F)c(N)c1F. The van der Waals surface area contributed by atoms with E-state index in [1.807, 2.05) is 0 Å². The second kappa shape index (κ2) is 3.38. The maximum absolute atomic E-state index is 13.0. The lowest BCUT2D eigenvalue weighted by atomic mass is 10.2. The van der Waals surface area contributed by atoms with Gasteiger partial charge in [-0.1, -0.05) is 0 Å². The van der Waals surface area contributed by atoms with Gasteiger partial charge in [-0.3, -0.25) is 0 Å². The minimum atomic E-state index is -1.09. The van der Waals surface area contributed by atoms with Crippen LogP contribution in [0, 0.1) is 11.6 Å². The number of carbonyl (C=O) groups is 1. The summed E-state index contributed by atoms with van der Waals surface area (Å²) in [6, 6.07) is 1.89. The Labute approximate surface area is 73.1 Å². The Balaban J connectivity index is 3.26. The number of hydrogen-bond donors (Lipinski definition) is 1. The Morgan fingerprint density at radius 2 is 2.08 bits per heavy atom. The van der Waals surface area contributed by atoms with Gasteiger partial charge in [-0.2, -0.15) is 0 Å². The van der Waals surface area contributed by atoms with Gasteiger partial charge in [-0.15, -0.1) is 0 Å². The molecule has 0 saturated carbocycles. The van der Waals surface area contributed by atoms with Gasteiger partial charge in [0.2, 0.25) is 0 Å². The molecule has 0 aliphatic heterocycles. The first kappa shape index (κ1) is 9.44. The summed E-state index contributed by atoms with van der Waals surface area (Å²) in [4.78, 5) is 10.9. The largest absolute Gasteiger partial charge is 0.465 e. The van der Waals surface area contributed by atoms with Crippen LogP contribution in [-0.4, -0.2) is 13.1 Å². The zero-order valence-corrected chi connectivity index (χ0v) is 6.80. The highest BCUT2D eigenvalue weighted by Gasteiger charge is 2.16. The monoisotopic (exact) mass is 187 g/mol.